The van der Waals surface area contributed by atoms with Crippen molar-refractivity contribution in [1.82, 2.24) is 0 Å². The van der Waals surface area contributed by atoms with Crippen LogP contribution in [-0.4, -0.2) is 37.2 Å². The van der Waals surface area contributed by atoms with Gasteiger partial charge in [0.2, 0.25) is 0 Å². The molecule has 6 nitrogen and oxygen atoms in total. The molecule has 0 aliphatic rings. The van der Waals surface area contributed by atoms with E-state index >= 15 is 0 Å². The Kier molecular flexibility index (Phi) is 59.3. The van der Waals surface area contributed by atoms with E-state index in [1.165, 1.54) is 154 Å². The molecule has 0 heterocycles. The van der Waals surface area contributed by atoms with Crippen LogP contribution >= 0.6 is 0 Å². The Morgan fingerprint density at radius 2 is 0.527 bits per heavy atom. The molecule has 0 saturated carbocycles. The van der Waals surface area contributed by atoms with Crippen molar-refractivity contribution < 1.29 is 28.6 Å². The normalized spacial score (nSPS) is 12.6. The van der Waals surface area contributed by atoms with Crippen LogP contribution in [0, 0.1) is 0 Å². The molecule has 0 radical (unpaired) electrons. The van der Waals surface area contributed by atoms with Crippen molar-refractivity contribution in [3.8, 4) is 0 Å². The van der Waals surface area contributed by atoms with Crippen LogP contribution in [0.5, 0.6) is 0 Å². The van der Waals surface area contributed by atoms with Gasteiger partial charge in [-0.1, -0.05) is 279 Å². The van der Waals surface area contributed by atoms with Gasteiger partial charge in [-0.15, -0.1) is 0 Å². The lowest BCUT2D eigenvalue weighted by Gasteiger charge is -2.18. The van der Waals surface area contributed by atoms with Crippen LogP contribution in [0.2, 0.25) is 0 Å². The summed E-state index contributed by atoms with van der Waals surface area (Å²) in [5.74, 6) is -0.884. The summed E-state index contributed by atoms with van der Waals surface area (Å²) < 4.78 is 16.9. The van der Waals surface area contributed by atoms with Gasteiger partial charge in [0.25, 0.3) is 0 Å². The van der Waals surface area contributed by atoms with Crippen LogP contribution in [0.15, 0.2) is 85.1 Å². The zero-order valence-electron chi connectivity index (χ0n) is 48.8. The van der Waals surface area contributed by atoms with Crippen LogP contribution in [0.4, 0.5) is 0 Å². The topological polar surface area (TPSA) is 78.9 Å². The van der Waals surface area contributed by atoms with Crippen molar-refractivity contribution in [3.05, 3.63) is 85.1 Å². The maximum atomic E-state index is 12.9. The maximum Gasteiger partial charge on any atom is 0.306 e. The Labute approximate surface area is 458 Å². The summed E-state index contributed by atoms with van der Waals surface area (Å²) >= 11 is 0. The zero-order chi connectivity index (χ0) is 53.6. The molecule has 0 bridgehead atoms. The first-order valence-electron chi connectivity index (χ1n) is 31.6. The van der Waals surface area contributed by atoms with Crippen LogP contribution in [0.1, 0.15) is 310 Å². The van der Waals surface area contributed by atoms with E-state index in [0.29, 0.717) is 19.3 Å². The lowest BCUT2D eigenvalue weighted by molar-refractivity contribution is -0.167. The highest BCUT2D eigenvalue weighted by molar-refractivity contribution is 5.71. The number of esters is 3. The predicted octanol–water partition coefficient (Wildman–Crippen LogP) is 21.5. The third-order valence-electron chi connectivity index (χ3n) is 13.6. The van der Waals surface area contributed by atoms with Crippen molar-refractivity contribution in [2.24, 2.45) is 0 Å². The molecule has 0 aromatic heterocycles. The van der Waals surface area contributed by atoms with Gasteiger partial charge >= 0.3 is 17.9 Å². The third kappa shape index (κ3) is 59.5. The predicted molar refractivity (Wildman–Crippen MR) is 321 cm³/mol. The second kappa shape index (κ2) is 62.1. The highest BCUT2D eigenvalue weighted by Gasteiger charge is 2.19. The van der Waals surface area contributed by atoms with E-state index in [0.717, 1.165) is 116 Å². The standard InChI is InChI=1S/C68H118O6/c1-4-7-10-13-16-19-22-25-28-29-30-31-32-33-34-35-36-37-38-39-41-43-46-49-52-55-58-61-67(70)73-64-65(63-72-66(69)60-57-54-51-48-45-42-27-24-21-18-15-12-9-6-3)74-68(71)62-59-56-53-50-47-44-40-26-23-20-17-14-11-8-5-2/h7,10,16,19,25-26,28,30-31,33-34,36-37,40,65H,4-6,8-9,11-15,17-18,20-24,27,29,32,35,38-39,41-64H2,1-3H3/b10-7-,19-16-,28-25-,31-30-,34-33-,37-36-,40-26-. The molecule has 6 heteroatoms. The molecular weight excluding hydrogens is 913 g/mol. The number of unbranched alkanes of at least 4 members (excludes halogenated alkanes) is 32. The quantitative estimate of drug-likeness (QED) is 0.0261. The fraction of sp³-hybridized carbons (Fsp3) is 0.750. The van der Waals surface area contributed by atoms with Crippen molar-refractivity contribution in [1.29, 1.82) is 0 Å². The van der Waals surface area contributed by atoms with E-state index in [1.54, 1.807) is 0 Å². The first-order valence-corrected chi connectivity index (χ1v) is 31.6. The molecule has 1 unspecified atom stereocenters. The van der Waals surface area contributed by atoms with Crippen molar-refractivity contribution >= 4 is 17.9 Å². The molecule has 0 aromatic carbocycles. The molecule has 1 atom stereocenters. The Morgan fingerprint density at radius 1 is 0.284 bits per heavy atom. The maximum absolute atomic E-state index is 12.9. The first-order chi connectivity index (χ1) is 36.5. The summed E-state index contributed by atoms with van der Waals surface area (Å²) in [6.45, 7) is 6.54. The van der Waals surface area contributed by atoms with Crippen LogP contribution in [0.3, 0.4) is 0 Å². The minimum atomic E-state index is -0.783. The van der Waals surface area contributed by atoms with Crippen molar-refractivity contribution in [2.45, 2.75) is 316 Å². The highest BCUT2D eigenvalue weighted by atomic mass is 16.6. The first kappa shape index (κ1) is 70.6. The molecule has 0 aliphatic heterocycles. The van der Waals surface area contributed by atoms with Gasteiger partial charge in [0.05, 0.1) is 0 Å². The zero-order valence-corrected chi connectivity index (χ0v) is 48.8. The Bertz CT molecular complexity index is 1420. The smallest absolute Gasteiger partial charge is 0.306 e. The number of rotatable bonds is 57. The molecule has 426 valence electrons. The summed E-state index contributed by atoms with van der Waals surface area (Å²) in [6, 6.07) is 0. The lowest BCUT2D eigenvalue weighted by atomic mass is 10.0. The third-order valence-corrected chi connectivity index (χ3v) is 13.6. The molecule has 0 saturated heterocycles. The fourth-order valence-corrected chi connectivity index (χ4v) is 8.91. The van der Waals surface area contributed by atoms with Crippen LogP contribution < -0.4 is 0 Å². The van der Waals surface area contributed by atoms with Gasteiger partial charge in [-0.2, -0.15) is 0 Å². The molecule has 0 fully saturated rings. The Hall–Kier alpha value is -3.41. The molecule has 0 rings (SSSR count). The number of hydrogen-bond acceptors (Lipinski definition) is 6. The molecule has 0 amide bonds. The minimum Gasteiger partial charge on any atom is -0.462 e. The van der Waals surface area contributed by atoms with Gasteiger partial charge in [-0.25, -0.2) is 0 Å². The van der Waals surface area contributed by atoms with Gasteiger partial charge < -0.3 is 14.2 Å². The van der Waals surface area contributed by atoms with Crippen molar-refractivity contribution in [3.63, 3.8) is 0 Å². The van der Waals surface area contributed by atoms with Gasteiger partial charge in [0.1, 0.15) is 13.2 Å². The van der Waals surface area contributed by atoms with E-state index in [2.05, 4.69) is 106 Å². The molecule has 0 aromatic rings. The van der Waals surface area contributed by atoms with E-state index in [1.807, 2.05) is 0 Å². The average molecular weight is 1030 g/mol. The molecule has 74 heavy (non-hydrogen) atoms. The lowest BCUT2D eigenvalue weighted by Crippen LogP contribution is -2.30. The largest absolute Gasteiger partial charge is 0.462 e. The second-order valence-electron chi connectivity index (χ2n) is 20.9. The highest BCUT2D eigenvalue weighted by Crippen LogP contribution is 2.16. The minimum absolute atomic E-state index is 0.0791. The van der Waals surface area contributed by atoms with Gasteiger partial charge in [0, 0.05) is 19.3 Å². The van der Waals surface area contributed by atoms with E-state index in [-0.39, 0.29) is 31.1 Å². The number of carbonyl (C=O) groups is 3. The van der Waals surface area contributed by atoms with E-state index < -0.39 is 6.10 Å². The van der Waals surface area contributed by atoms with Gasteiger partial charge in [-0.3, -0.25) is 14.4 Å². The SMILES string of the molecule is CC/C=C\C/C=C\C/C=C\C/C=C\C/C=C\C/C=C\CCCCCCCCCCC(=O)OCC(COC(=O)CCCCCCCCCCCCCCCC)OC(=O)CCCCCCC/C=C\CCCCCCCC. The number of ether oxygens (including phenoxy) is 3. The van der Waals surface area contributed by atoms with Crippen molar-refractivity contribution in [2.75, 3.05) is 13.2 Å². The van der Waals surface area contributed by atoms with E-state index in [4.69, 9.17) is 14.2 Å². The second-order valence-corrected chi connectivity index (χ2v) is 20.9. The fourth-order valence-electron chi connectivity index (χ4n) is 8.91. The monoisotopic (exact) mass is 1030 g/mol. The summed E-state index contributed by atoms with van der Waals surface area (Å²) in [4.78, 5) is 38.3. The molecule has 0 spiro atoms. The summed E-state index contributed by atoms with van der Waals surface area (Å²) in [5.41, 5.74) is 0. The molecule has 0 aliphatic carbocycles. The summed E-state index contributed by atoms with van der Waals surface area (Å²) in [7, 11) is 0. The summed E-state index contributed by atoms with van der Waals surface area (Å²) in [5, 5.41) is 0. The van der Waals surface area contributed by atoms with E-state index in [9.17, 15) is 14.4 Å². The number of hydrogen-bond donors (Lipinski definition) is 0. The number of carbonyl (C=O) groups excluding carboxylic acids is 3. The number of allylic oxidation sites excluding steroid dienone is 14. The van der Waals surface area contributed by atoms with Gasteiger partial charge in [0.15, 0.2) is 6.10 Å². The summed E-state index contributed by atoms with van der Waals surface area (Å²) in [6.07, 6.45) is 81.5. The van der Waals surface area contributed by atoms with Crippen LogP contribution in [-0.2, 0) is 28.6 Å². The molecular formula is C68H118O6. The Morgan fingerprint density at radius 3 is 0.838 bits per heavy atom. The molecule has 0 N–H and O–H groups in total. The Balaban J connectivity index is 4.32. The average Bonchev–Trinajstić information content (AvgIpc) is 3.40. The van der Waals surface area contributed by atoms with Gasteiger partial charge in [-0.05, 0) is 96.3 Å². The van der Waals surface area contributed by atoms with Crippen LogP contribution in [0.25, 0.3) is 0 Å².